The molecule has 0 bridgehead atoms. The summed E-state index contributed by atoms with van der Waals surface area (Å²) in [6.07, 6.45) is -0.656. The topological polar surface area (TPSA) is 62.5 Å². The average Bonchev–Trinajstić information content (AvgIpc) is 2.92. The van der Waals surface area contributed by atoms with Gasteiger partial charge in [-0.3, -0.25) is 4.79 Å². The van der Waals surface area contributed by atoms with E-state index in [4.69, 9.17) is 4.42 Å². The molecule has 1 atom stereocenters. The molecule has 0 aliphatic heterocycles. The van der Waals surface area contributed by atoms with Crippen LogP contribution < -0.4 is 5.32 Å². The average molecular weight is 327 g/mol. The number of benzene rings is 2. The van der Waals surface area contributed by atoms with Crippen molar-refractivity contribution in [1.82, 2.24) is 5.32 Å². The molecule has 2 N–H and O–H groups in total. The van der Waals surface area contributed by atoms with E-state index in [2.05, 4.69) is 5.32 Å². The number of hydrogen-bond acceptors (Lipinski definition) is 3. The molecule has 3 rings (SSSR count). The molecule has 1 heterocycles. The smallest absolute Gasteiger partial charge is 0.255 e. The normalized spacial score (nSPS) is 12.4. The van der Waals surface area contributed by atoms with Crippen LogP contribution in [0.3, 0.4) is 0 Å². The molecule has 3 aromatic rings. The third-order valence-corrected chi connectivity index (χ3v) is 4.09. The fraction of sp³-hybridized carbons (Fsp3) is 0.211. The Balaban J connectivity index is 2.32. The van der Waals surface area contributed by atoms with Gasteiger partial charge in [0.2, 0.25) is 0 Å². The molecule has 1 unspecified atom stereocenters. The lowest BCUT2D eigenvalue weighted by Crippen LogP contribution is -2.18. The van der Waals surface area contributed by atoms with Gasteiger partial charge in [0.25, 0.3) is 5.91 Å². The maximum Gasteiger partial charge on any atom is 0.255 e. The SMILES string of the molecule is CNC(=O)c1c(-c2ccc(F)cc2)oc2cc(C)c(C(C)O)cc12. The van der Waals surface area contributed by atoms with Gasteiger partial charge in [-0.15, -0.1) is 0 Å². The lowest BCUT2D eigenvalue weighted by Gasteiger charge is -2.09. The highest BCUT2D eigenvalue weighted by Gasteiger charge is 2.23. The van der Waals surface area contributed by atoms with Crippen LogP contribution >= 0.6 is 0 Å². The van der Waals surface area contributed by atoms with E-state index in [1.807, 2.05) is 6.92 Å². The first-order chi connectivity index (χ1) is 11.4. The summed E-state index contributed by atoms with van der Waals surface area (Å²) in [5.74, 6) is -0.274. The second-order valence-electron chi connectivity index (χ2n) is 5.77. The second kappa shape index (κ2) is 6.09. The lowest BCUT2D eigenvalue weighted by atomic mass is 9.98. The van der Waals surface area contributed by atoms with Crippen LogP contribution in [0.15, 0.2) is 40.8 Å². The molecule has 0 saturated heterocycles. The van der Waals surface area contributed by atoms with Gasteiger partial charge >= 0.3 is 0 Å². The van der Waals surface area contributed by atoms with Gasteiger partial charge in [-0.1, -0.05) is 0 Å². The van der Waals surface area contributed by atoms with E-state index >= 15 is 0 Å². The quantitative estimate of drug-likeness (QED) is 0.765. The van der Waals surface area contributed by atoms with Crippen LogP contribution in [-0.2, 0) is 0 Å². The van der Waals surface area contributed by atoms with Crippen molar-refractivity contribution in [3.63, 3.8) is 0 Å². The number of amides is 1. The highest BCUT2D eigenvalue weighted by Crippen LogP contribution is 2.36. The predicted molar refractivity (Wildman–Crippen MR) is 90.4 cm³/mol. The number of carbonyl (C=O) groups excluding carboxylic acids is 1. The monoisotopic (exact) mass is 327 g/mol. The van der Waals surface area contributed by atoms with Crippen molar-refractivity contribution < 1.29 is 18.7 Å². The minimum atomic E-state index is -0.656. The van der Waals surface area contributed by atoms with Gasteiger partial charge in [0.15, 0.2) is 0 Å². The van der Waals surface area contributed by atoms with Crippen molar-refractivity contribution in [2.24, 2.45) is 0 Å². The third kappa shape index (κ3) is 2.67. The van der Waals surface area contributed by atoms with E-state index in [9.17, 15) is 14.3 Å². The summed E-state index contributed by atoms with van der Waals surface area (Å²) < 4.78 is 19.1. The molecule has 0 aliphatic carbocycles. The van der Waals surface area contributed by atoms with Crippen LogP contribution in [0.5, 0.6) is 0 Å². The van der Waals surface area contributed by atoms with E-state index in [-0.39, 0.29) is 11.7 Å². The number of aryl methyl sites for hydroxylation is 1. The largest absolute Gasteiger partial charge is 0.455 e. The van der Waals surface area contributed by atoms with Gasteiger partial charge in [0, 0.05) is 18.0 Å². The van der Waals surface area contributed by atoms with Gasteiger partial charge in [0.1, 0.15) is 17.2 Å². The Morgan fingerprint density at radius 2 is 1.92 bits per heavy atom. The first kappa shape index (κ1) is 16.2. The van der Waals surface area contributed by atoms with E-state index in [0.29, 0.717) is 27.9 Å². The van der Waals surface area contributed by atoms with E-state index in [1.165, 1.54) is 12.1 Å². The fourth-order valence-corrected chi connectivity index (χ4v) is 2.87. The Labute approximate surface area is 138 Å². The summed E-state index contributed by atoms with van der Waals surface area (Å²) >= 11 is 0. The van der Waals surface area contributed by atoms with Gasteiger partial charge < -0.3 is 14.8 Å². The standard InChI is InChI=1S/C19H18FNO3/c1-10-8-16-15(9-14(10)11(2)22)17(19(23)21-3)18(24-16)12-4-6-13(20)7-5-12/h4-9,11,22H,1-3H3,(H,21,23). The number of aliphatic hydroxyl groups excluding tert-OH is 1. The van der Waals surface area contributed by atoms with Crippen molar-refractivity contribution in [1.29, 1.82) is 0 Å². The maximum atomic E-state index is 13.2. The first-order valence-corrected chi connectivity index (χ1v) is 7.65. The lowest BCUT2D eigenvalue weighted by molar-refractivity contribution is 0.0964. The van der Waals surface area contributed by atoms with Crippen LogP contribution in [0, 0.1) is 12.7 Å². The van der Waals surface area contributed by atoms with Crippen molar-refractivity contribution in [2.45, 2.75) is 20.0 Å². The summed E-state index contributed by atoms with van der Waals surface area (Å²) in [5.41, 5.74) is 3.15. The zero-order valence-corrected chi connectivity index (χ0v) is 13.7. The summed E-state index contributed by atoms with van der Waals surface area (Å²) in [7, 11) is 1.54. The molecule has 4 nitrogen and oxygen atoms in total. The molecule has 1 aromatic heterocycles. The van der Waals surface area contributed by atoms with Gasteiger partial charge in [-0.05, 0) is 61.4 Å². The molecule has 5 heteroatoms. The first-order valence-electron chi connectivity index (χ1n) is 7.65. The van der Waals surface area contributed by atoms with Crippen molar-refractivity contribution in [2.75, 3.05) is 7.05 Å². The Bertz CT molecular complexity index is 911. The summed E-state index contributed by atoms with van der Waals surface area (Å²) in [6.45, 7) is 3.55. The Kier molecular flexibility index (Phi) is 4.11. The second-order valence-corrected chi connectivity index (χ2v) is 5.77. The molecule has 1 amide bonds. The third-order valence-electron chi connectivity index (χ3n) is 4.09. The van der Waals surface area contributed by atoms with Crippen LogP contribution in [0.1, 0.15) is 34.5 Å². The number of furan rings is 1. The highest BCUT2D eigenvalue weighted by atomic mass is 19.1. The number of hydrogen-bond donors (Lipinski definition) is 2. The van der Waals surface area contributed by atoms with Crippen LogP contribution in [0.25, 0.3) is 22.3 Å². The molecule has 2 aromatic carbocycles. The van der Waals surface area contributed by atoms with Crippen LogP contribution in [0.4, 0.5) is 4.39 Å². The van der Waals surface area contributed by atoms with E-state index in [1.54, 1.807) is 38.2 Å². The molecular weight excluding hydrogens is 309 g/mol. The van der Waals surface area contributed by atoms with Crippen molar-refractivity contribution in [3.8, 4) is 11.3 Å². The summed E-state index contributed by atoms with van der Waals surface area (Å²) in [6, 6.07) is 9.36. The number of rotatable bonds is 3. The zero-order valence-electron chi connectivity index (χ0n) is 13.7. The Hall–Kier alpha value is -2.66. The summed E-state index contributed by atoms with van der Waals surface area (Å²) in [5, 5.41) is 13.2. The molecule has 124 valence electrons. The fourth-order valence-electron chi connectivity index (χ4n) is 2.87. The van der Waals surface area contributed by atoms with Crippen LogP contribution in [0.2, 0.25) is 0 Å². The van der Waals surface area contributed by atoms with Crippen molar-refractivity contribution in [3.05, 3.63) is 58.9 Å². The van der Waals surface area contributed by atoms with Crippen molar-refractivity contribution >= 4 is 16.9 Å². The van der Waals surface area contributed by atoms with Gasteiger partial charge in [-0.2, -0.15) is 0 Å². The number of carbonyl (C=O) groups is 1. The Morgan fingerprint density at radius 1 is 1.25 bits per heavy atom. The number of nitrogens with one attached hydrogen (secondary N) is 1. The molecule has 24 heavy (non-hydrogen) atoms. The Morgan fingerprint density at radius 3 is 2.50 bits per heavy atom. The number of fused-ring (bicyclic) bond motifs is 1. The number of halogens is 1. The maximum absolute atomic E-state index is 13.2. The van der Waals surface area contributed by atoms with Gasteiger partial charge in [0.05, 0.1) is 11.7 Å². The van der Waals surface area contributed by atoms with E-state index < -0.39 is 6.10 Å². The molecule has 0 aliphatic rings. The predicted octanol–water partition coefficient (Wildman–Crippen LogP) is 3.96. The van der Waals surface area contributed by atoms with Gasteiger partial charge in [-0.25, -0.2) is 4.39 Å². The molecule has 0 saturated carbocycles. The molecular formula is C19H18FNO3. The molecule has 0 spiro atoms. The zero-order chi connectivity index (χ0) is 17.4. The molecule has 0 radical (unpaired) electrons. The minimum Gasteiger partial charge on any atom is -0.455 e. The minimum absolute atomic E-state index is 0.298. The van der Waals surface area contributed by atoms with Crippen LogP contribution in [-0.4, -0.2) is 18.1 Å². The highest BCUT2D eigenvalue weighted by molar-refractivity contribution is 6.11. The summed E-state index contributed by atoms with van der Waals surface area (Å²) in [4.78, 5) is 12.4. The molecule has 0 fully saturated rings. The number of aliphatic hydroxyl groups is 1. The van der Waals surface area contributed by atoms with E-state index in [0.717, 1.165) is 11.1 Å².